The summed E-state index contributed by atoms with van der Waals surface area (Å²) in [6.07, 6.45) is 1.62. The molecule has 13 heavy (non-hydrogen) atoms. The molecule has 0 heterocycles. The van der Waals surface area contributed by atoms with Crippen LogP contribution in [0.5, 0.6) is 0 Å². The van der Waals surface area contributed by atoms with E-state index in [0.29, 0.717) is 6.42 Å². The molecule has 0 radical (unpaired) electrons. The molecule has 0 aromatic heterocycles. The highest BCUT2D eigenvalue weighted by molar-refractivity contribution is 5.82. The van der Waals surface area contributed by atoms with Gasteiger partial charge >= 0.3 is 0 Å². The van der Waals surface area contributed by atoms with Crippen LogP contribution in [0.4, 0.5) is 0 Å². The van der Waals surface area contributed by atoms with E-state index in [9.17, 15) is 4.79 Å². The maximum atomic E-state index is 11.5. The molecule has 3 nitrogen and oxygen atoms in total. The SMILES string of the molecule is CC[C@@H](C#N)NC(=O)C1CC1(C)C. The van der Waals surface area contributed by atoms with Gasteiger partial charge in [0.25, 0.3) is 0 Å². The fourth-order valence-corrected chi connectivity index (χ4v) is 1.41. The van der Waals surface area contributed by atoms with Crippen molar-refractivity contribution in [1.29, 1.82) is 5.26 Å². The van der Waals surface area contributed by atoms with Crippen molar-refractivity contribution >= 4 is 5.91 Å². The lowest BCUT2D eigenvalue weighted by molar-refractivity contribution is -0.123. The summed E-state index contributed by atoms with van der Waals surface area (Å²) in [6, 6.07) is 1.74. The van der Waals surface area contributed by atoms with E-state index in [1.54, 1.807) is 0 Å². The zero-order valence-corrected chi connectivity index (χ0v) is 8.42. The van der Waals surface area contributed by atoms with Crippen molar-refractivity contribution in [1.82, 2.24) is 5.32 Å². The number of hydrogen-bond acceptors (Lipinski definition) is 2. The van der Waals surface area contributed by atoms with Crippen LogP contribution in [0.15, 0.2) is 0 Å². The van der Waals surface area contributed by atoms with Gasteiger partial charge in [0.15, 0.2) is 0 Å². The van der Waals surface area contributed by atoms with E-state index >= 15 is 0 Å². The summed E-state index contributed by atoms with van der Waals surface area (Å²) >= 11 is 0. The van der Waals surface area contributed by atoms with Crippen LogP contribution in [0.25, 0.3) is 0 Å². The number of hydrogen-bond donors (Lipinski definition) is 1. The monoisotopic (exact) mass is 180 g/mol. The van der Waals surface area contributed by atoms with Crippen LogP contribution >= 0.6 is 0 Å². The molecule has 1 aliphatic carbocycles. The molecule has 1 rings (SSSR count). The van der Waals surface area contributed by atoms with Gasteiger partial charge in [-0.15, -0.1) is 0 Å². The lowest BCUT2D eigenvalue weighted by Gasteiger charge is -2.09. The Morgan fingerprint density at radius 2 is 2.31 bits per heavy atom. The lowest BCUT2D eigenvalue weighted by atomic mass is 10.1. The molecule has 1 unspecified atom stereocenters. The Balaban J connectivity index is 2.40. The first-order chi connectivity index (χ1) is 6.01. The summed E-state index contributed by atoms with van der Waals surface area (Å²) in [5.74, 6) is 0.160. The minimum atomic E-state index is -0.316. The Bertz CT molecular complexity index is 252. The van der Waals surface area contributed by atoms with E-state index < -0.39 is 0 Å². The summed E-state index contributed by atoms with van der Waals surface area (Å²) in [7, 11) is 0. The van der Waals surface area contributed by atoms with Crippen molar-refractivity contribution < 1.29 is 4.79 Å². The second-order valence-corrected chi connectivity index (χ2v) is 4.34. The van der Waals surface area contributed by atoms with Crippen molar-refractivity contribution in [2.24, 2.45) is 11.3 Å². The van der Waals surface area contributed by atoms with Crippen LogP contribution < -0.4 is 5.32 Å². The van der Waals surface area contributed by atoms with Gasteiger partial charge in [-0.2, -0.15) is 5.26 Å². The molecule has 1 aliphatic rings. The predicted molar refractivity (Wildman–Crippen MR) is 49.7 cm³/mol. The zero-order chi connectivity index (χ0) is 10.1. The minimum Gasteiger partial charge on any atom is -0.340 e. The minimum absolute atomic E-state index is 0.0402. The molecule has 1 amide bonds. The van der Waals surface area contributed by atoms with Crippen LogP contribution in [0.2, 0.25) is 0 Å². The molecule has 1 fully saturated rings. The van der Waals surface area contributed by atoms with Crippen LogP contribution in [0.1, 0.15) is 33.6 Å². The molecular formula is C10H16N2O. The number of nitriles is 1. The Morgan fingerprint density at radius 1 is 1.77 bits per heavy atom. The van der Waals surface area contributed by atoms with Gasteiger partial charge < -0.3 is 5.32 Å². The highest BCUT2D eigenvalue weighted by Crippen LogP contribution is 2.51. The number of nitrogens with zero attached hydrogens (tertiary/aromatic N) is 1. The summed E-state index contributed by atoms with van der Waals surface area (Å²) < 4.78 is 0. The molecule has 0 saturated heterocycles. The van der Waals surface area contributed by atoms with Gasteiger partial charge in [-0.25, -0.2) is 0 Å². The number of rotatable bonds is 3. The Labute approximate surface area is 79.1 Å². The lowest BCUT2D eigenvalue weighted by Crippen LogP contribution is -2.35. The van der Waals surface area contributed by atoms with Crippen molar-refractivity contribution in [3.05, 3.63) is 0 Å². The molecule has 1 N–H and O–H groups in total. The highest BCUT2D eigenvalue weighted by atomic mass is 16.2. The molecule has 0 bridgehead atoms. The van der Waals surface area contributed by atoms with Crippen molar-refractivity contribution in [3.63, 3.8) is 0 Å². The molecule has 0 aromatic rings. The van der Waals surface area contributed by atoms with E-state index in [4.69, 9.17) is 5.26 Å². The Hall–Kier alpha value is -1.04. The largest absolute Gasteiger partial charge is 0.340 e. The molecule has 2 atom stereocenters. The van der Waals surface area contributed by atoms with E-state index in [0.717, 1.165) is 6.42 Å². The average Bonchev–Trinajstić information content (AvgIpc) is 2.70. The normalized spacial score (nSPS) is 25.8. The van der Waals surface area contributed by atoms with Gasteiger partial charge in [-0.3, -0.25) is 4.79 Å². The van der Waals surface area contributed by atoms with E-state index in [1.165, 1.54) is 0 Å². The fourth-order valence-electron chi connectivity index (χ4n) is 1.41. The van der Waals surface area contributed by atoms with Crippen LogP contribution in [-0.4, -0.2) is 11.9 Å². The third-order valence-electron chi connectivity index (χ3n) is 2.71. The molecule has 3 heteroatoms. The standard InChI is InChI=1S/C10H16N2O/c1-4-7(6-11)12-9(13)8-5-10(8,2)3/h7-8H,4-5H2,1-3H3,(H,12,13)/t7-,8?/m0/s1. The quantitative estimate of drug-likeness (QED) is 0.714. The predicted octanol–water partition coefficient (Wildman–Crippen LogP) is 1.45. The van der Waals surface area contributed by atoms with Gasteiger partial charge in [0, 0.05) is 5.92 Å². The zero-order valence-electron chi connectivity index (χ0n) is 8.42. The first-order valence-electron chi connectivity index (χ1n) is 4.71. The topological polar surface area (TPSA) is 52.9 Å². The first kappa shape index (κ1) is 10.0. The van der Waals surface area contributed by atoms with Gasteiger partial charge in [0.05, 0.1) is 6.07 Å². The number of carbonyl (C=O) groups is 1. The van der Waals surface area contributed by atoms with Crippen LogP contribution in [0.3, 0.4) is 0 Å². The van der Waals surface area contributed by atoms with Gasteiger partial charge in [0.2, 0.25) is 5.91 Å². The maximum absolute atomic E-state index is 11.5. The Morgan fingerprint density at radius 3 is 2.62 bits per heavy atom. The molecule has 72 valence electrons. The summed E-state index contributed by atoms with van der Waals surface area (Å²) in [5.41, 5.74) is 0.151. The third kappa shape index (κ3) is 2.21. The highest BCUT2D eigenvalue weighted by Gasteiger charge is 2.50. The van der Waals surface area contributed by atoms with Gasteiger partial charge in [0.1, 0.15) is 6.04 Å². The maximum Gasteiger partial charge on any atom is 0.224 e. The van der Waals surface area contributed by atoms with Crippen LogP contribution in [-0.2, 0) is 4.79 Å². The third-order valence-corrected chi connectivity index (χ3v) is 2.71. The molecule has 0 aliphatic heterocycles. The second-order valence-electron chi connectivity index (χ2n) is 4.34. The summed E-state index contributed by atoms with van der Waals surface area (Å²) in [6.45, 7) is 6.04. The summed E-state index contributed by atoms with van der Waals surface area (Å²) in [4.78, 5) is 11.5. The van der Waals surface area contributed by atoms with E-state index in [2.05, 4.69) is 25.2 Å². The second kappa shape index (κ2) is 3.37. The van der Waals surface area contributed by atoms with Crippen LogP contribution in [0, 0.1) is 22.7 Å². The summed E-state index contributed by atoms with van der Waals surface area (Å²) in [5, 5.41) is 11.4. The smallest absolute Gasteiger partial charge is 0.224 e. The van der Waals surface area contributed by atoms with E-state index in [1.807, 2.05) is 6.92 Å². The van der Waals surface area contributed by atoms with Gasteiger partial charge in [-0.05, 0) is 18.3 Å². The Kier molecular flexibility index (Phi) is 2.60. The first-order valence-corrected chi connectivity index (χ1v) is 4.71. The molecule has 0 spiro atoms. The van der Waals surface area contributed by atoms with Crippen molar-refractivity contribution in [3.8, 4) is 6.07 Å². The van der Waals surface area contributed by atoms with E-state index in [-0.39, 0.29) is 23.3 Å². The molecule has 0 aromatic carbocycles. The molecule has 1 saturated carbocycles. The number of amides is 1. The van der Waals surface area contributed by atoms with Crippen molar-refractivity contribution in [2.75, 3.05) is 0 Å². The van der Waals surface area contributed by atoms with Gasteiger partial charge in [-0.1, -0.05) is 20.8 Å². The molecular weight excluding hydrogens is 164 g/mol. The van der Waals surface area contributed by atoms with Crippen molar-refractivity contribution in [2.45, 2.75) is 39.7 Å². The average molecular weight is 180 g/mol. The number of carbonyl (C=O) groups excluding carboxylic acids is 1. The fraction of sp³-hybridized carbons (Fsp3) is 0.800. The number of nitrogens with one attached hydrogen (secondary N) is 1.